The predicted molar refractivity (Wildman–Crippen MR) is 84.1 cm³/mol. The maximum Gasteiger partial charge on any atom is 0.573 e. The Hall–Kier alpha value is -1.80. The molecule has 25 heavy (non-hydrogen) atoms. The molecular weight excluding hydrogens is 337 g/mol. The molecule has 1 aromatic carbocycles. The number of carboxylic acid groups (broad SMARTS) is 1. The lowest BCUT2D eigenvalue weighted by molar-refractivity contribution is -0.275. The molecular formula is C17H21F3N2O3. The number of likely N-dealkylation sites (tertiary alicyclic amines) is 1. The van der Waals surface area contributed by atoms with Gasteiger partial charge in [-0.25, -0.2) is 0 Å². The third-order valence-corrected chi connectivity index (χ3v) is 5.12. The lowest BCUT2D eigenvalue weighted by atomic mass is 9.70. The van der Waals surface area contributed by atoms with Crippen LogP contribution in [0.2, 0.25) is 0 Å². The predicted octanol–water partition coefficient (Wildman–Crippen LogP) is 2.61. The van der Waals surface area contributed by atoms with Crippen molar-refractivity contribution in [3.05, 3.63) is 29.8 Å². The van der Waals surface area contributed by atoms with Crippen LogP contribution in [0.25, 0.3) is 0 Å². The van der Waals surface area contributed by atoms with E-state index in [4.69, 9.17) is 0 Å². The number of ether oxygens (including phenoxy) is 1. The molecule has 2 aliphatic rings. The van der Waals surface area contributed by atoms with Crippen molar-refractivity contribution in [2.45, 2.75) is 38.2 Å². The van der Waals surface area contributed by atoms with E-state index in [2.05, 4.69) is 10.1 Å². The number of piperidine rings is 2. The van der Waals surface area contributed by atoms with Gasteiger partial charge in [-0.1, -0.05) is 18.2 Å². The van der Waals surface area contributed by atoms with Gasteiger partial charge in [0.25, 0.3) is 0 Å². The van der Waals surface area contributed by atoms with Crippen LogP contribution in [0.15, 0.2) is 24.3 Å². The number of benzene rings is 1. The van der Waals surface area contributed by atoms with E-state index in [0.717, 1.165) is 13.0 Å². The molecule has 2 N–H and O–H groups in total. The summed E-state index contributed by atoms with van der Waals surface area (Å²) in [6.45, 7) is 1.99. The highest BCUT2D eigenvalue weighted by atomic mass is 19.4. The minimum atomic E-state index is -4.75. The summed E-state index contributed by atoms with van der Waals surface area (Å²) in [5.41, 5.74) is -0.473. The number of hydrogen-bond donors (Lipinski definition) is 2. The molecule has 5 nitrogen and oxygen atoms in total. The zero-order valence-corrected chi connectivity index (χ0v) is 13.7. The van der Waals surface area contributed by atoms with E-state index in [9.17, 15) is 23.1 Å². The number of rotatable bonds is 4. The van der Waals surface area contributed by atoms with Crippen LogP contribution in [-0.2, 0) is 11.3 Å². The average molecular weight is 358 g/mol. The molecule has 1 aromatic rings. The van der Waals surface area contributed by atoms with Crippen LogP contribution < -0.4 is 10.1 Å². The normalized spacial score (nSPS) is 27.6. The number of halogens is 3. The van der Waals surface area contributed by atoms with Gasteiger partial charge in [0.15, 0.2) is 0 Å². The molecule has 0 saturated carbocycles. The highest BCUT2D eigenvalue weighted by Gasteiger charge is 2.50. The Morgan fingerprint density at radius 3 is 2.88 bits per heavy atom. The second-order valence-electron chi connectivity index (χ2n) is 6.73. The number of para-hydroxylation sites is 1. The van der Waals surface area contributed by atoms with E-state index < -0.39 is 17.7 Å². The van der Waals surface area contributed by atoms with Gasteiger partial charge in [0, 0.05) is 31.2 Å². The van der Waals surface area contributed by atoms with Crippen molar-refractivity contribution in [3.63, 3.8) is 0 Å². The molecule has 0 radical (unpaired) electrons. The van der Waals surface area contributed by atoms with Crippen molar-refractivity contribution in [1.29, 1.82) is 0 Å². The van der Waals surface area contributed by atoms with Crippen molar-refractivity contribution >= 4 is 5.97 Å². The average Bonchev–Trinajstić information content (AvgIpc) is 2.55. The second kappa shape index (κ2) is 6.84. The monoisotopic (exact) mass is 358 g/mol. The smallest absolute Gasteiger partial charge is 0.481 e. The van der Waals surface area contributed by atoms with Gasteiger partial charge >= 0.3 is 12.3 Å². The summed E-state index contributed by atoms with van der Waals surface area (Å²) in [5.74, 6) is -1.07. The minimum Gasteiger partial charge on any atom is -0.481 e. The van der Waals surface area contributed by atoms with E-state index in [1.807, 2.05) is 4.90 Å². The summed E-state index contributed by atoms with van der Waals surface area (Å²) in [5, 5.41) is 13.1. The fourth-order valence-electron chi connectivity index (χ4n) is 3.97. The molecule has 0 bridgehead atoms. The van der Waals surface area contributed by atoms with Gasteiger partial charge in [-0.3, -0.25) is 9.69 Å². The first-order valence-electron chi connectivity index (χ1n) is 8.33. The highest BCUT2D eigenvalue weighted by molar-refractivity contribution is 5.76. The van der Waals surface area contributed by atoms with Gasteiger partial charge in [0.05, 0.1) is 5.41 Å². The molecule has 0 unspecified atom stereocenters. The van der Waals surface area contributed by atoms with Crippen LogP contribution in [-0.4, -0.2) is 48.0 Å². The largest absolute Gasteiger partial charge is 0.573 e. The van der Waals surface area contributed by atoms with Gasteiger partial charge in [0.1, 0.15) is 5.75 Å². The van der Waals surface area contributed by atoms with E-state index in [1.54, 1.807) is 12.1 Å². The van der Waals surface area contributed by atoms with Crippen LogP contribution in [0.5, 0.6) is 5.75 Å². The Kier molecular flexibility index (Phi) is 4.92. The molecule has 2 fully saturated rings. The van der Waals surface area contributed by atoms with Crippen LogP contribution in [0.1, 0.15) is 24.8 Å². The number of aliphatic carboxylic acids is 1. The number of carbonyl (C=O) groups is 1. The van der Waals surface area contributed by atoms with E-state index in [0.29, 0.717) is 31.5 Å². The fraction of sp³-hybridized carbons (Fsp3) is 0.588. The van der Waals surface area contributed by atoms with Gasteiger partial charge < -0.3 is 15.2 Å². The molecule has 0 amide bonds. The second-order valence-corrected chi connectivity index (χ2v) is 6.73. The van der Waals surface area contributed by atoms with Crippen molar-refractivity contribution in [1.82, 2.24) is 10.2 Å². The van der Waals surface area contributed by atoms with Gasteiger partial charge in [0.2, 0.25) is 0 Å². The van der Waals surface area contributed by atoms with Crippen LogP contribution in [0.3, 0.4) is 0 Å². The van der Waals surface area contributed by atoms with Gasteiger partial charge in [-0.2, -0.15) is 0 Å². The van der Waals surface area contributed by atoms with Crippen molar-refractivity contribution in [2.24, 2.45) is 5.41 Å². The molecule has 2 saturated heterocycles. The Morgan fingerprint density at radius 1 is 1.40 bits per heavy atom. The Morgan fingerprint density at radius 2 is 2.16 bits per heavy atom. The number of hydrogen-bond acceptors (Lipinski definition) is 4. The first-order chi connectivity index (χ1) is 11.8. The maximum absolute atomic E-state index is 12.6. The number of alkyl halides is 3. The first kappa shape index (κ1) is 18.0. The lowest BCUT2D eigenvalue weighted by Gasteiger charge is -2.48. The molecule has 8 heteroatoms. The van der Waals surface area contributed by atoms with Crippen LogP contribution in [0.4, 0.5) is 13.2 Å². The van der Waals surface area contributed by atoms with Crippen molar-refractivity contribution < 1.29 is 27.8 Å². The summed E-state index contributed by atoms with van der Waals surface area (Å²) in [6, 6.07) is 5.92. The summed E-state index contributed by atoms with van der Waals surface area (Å²) < 4.78 is 41.8. The third-order valence-electron chi connectivity index (χ3n) is 5.12. The number of fused-ring (bicyclic) bond motifs is 1. The minimum absolute atomic E-state index is 0.0864. The molecule has 2 aliphatic heterocycles. The molecule has 2 atom stereocenters. The Labute approximate surface area is 143 Å². The third kappa shape index (κ3) is 3.90. The number of nitrogens with zero attached hydrogens (tertiary/aromatic N) is 1. The van der Waals surface area contributed by atoms with Crippen molar-refractivity contribution in [3.8, 4) is 5.75 Å². The molecule has 3 rings (SSSR count). The molecule has 0 spiro atoms. The summed E-state index contributed by atoms with van der Waals surface area (Å²) >= 11 is 0. The lowest BCUT2D eigenvalue weighted by Crippen LogP contribution is -2.62. The van der Waals surface area contributed by atoms with Crippen molar-refractivity contribution in [2.75, 3.05) is 19.6 Å². The van der Waals surface area contributed by atoms with E-state index in [1.165, 1.54) is 12.1 Å². The Balaban J connectivity index is 1.77. The summed E-state index contributed by atoms with van der Waals surface area (Å²) in [6.07, 6.45) is -2.73. The highest BCUT2D eigenvalue weighted by Crippen LogP contribution is 2.39. The van der Waals surface area contributed by atoms with Gasteiger partial charge in [-0.05, 0) is 31.9 Å². The van der Waals surface area contributed by atoms with Crippen LogP contribution in [0, 0.1) is 5.41 Å². The van der Waals surface area contributed by atoms with Crippen LogP contribution >= 0.6 is 0 Å². The van der Waals surface area contributed by atoms with Gasteiger partial charge in [-0.15, -0.1) is 13.2 Å². The molecule has 138 valence electrons. The quantitative estimate of drug-likeness (QED) is 0.866. The molecule has 0 aliphatic carbocycles. The number of carboxylic acids is 1. The van der Waals surface area contributed by atoms with E-state index >= 15 is 0 Å². The standard InChI is InChI=1S/C17H21F3N2O3/c18-17(19,20)25-13-5-2-1-4-12(13)10-22-9-6-14-16(11-22,15(23)24)7-3-8-21-14/h1-2,4-5,14,21H,3,6-11H2,(H,23,24)/t14-,16+/m1/s1. The zero-order valence-electron chi connectivity index (χ0n) is 13.7. The molecule has 0 aromatic heterocycles. The topological polar surface area (TPSA) is 61.8 Å². The Bertz CT molecular complexity index is 638. The SMILES string of the molecule is O=C(O)[C@]12CCCN[C@@H]1CCN(Cc1ccccc1OC(F)(F)F)C2. The molecule has 2 heterocycles. The zero-order chi connectivity index (χ0) is 18.1. The first-order valence-corrected chi connectivity index (χ1v) is 8.33. The summed E-state index contributed by atoms with van der Waals surface area (Å²) in [4.78, 5) is 13.8. The van der Waals surface area contributed by atoms with E-state index in [-0.39, 0.29) is 18.3 Å². The number of nitrogens with one attached hydrogen (secondary N) is 1. The maximum atomic E-state index is 12.6. The fourth-order valence-corrected chi connectivity index (χ4v) is 3.97. The summed E-state index contributed by atoms with van der Waals surface area (Å²) in [7, 11) is 0.